The highest BCUT2D eigenvalue weighted by Gasteiger charge is 2.12. The summed E-state index contributed by atoms with van der Waals surface area (Å²) in [6.45, 7) is 2.18. The van der Waals surface area contributed by atoms with E-state index in [0.717, 1.165) is 0 Å². The molecule has 2 rings (SSSR count). The Morgan fingerprint density at radius 2 is 2.24 bits per heavy atom. The molecule has 0 amide bonds. The van der Waals surface area contributed by atoms with Gasteiger partial charge in [-0.1, -0.05) is 17.3 Å². The lowest BCUT2D eigenvalue weighted by atomic mass is 10.2. The normalized spacial score (nSPS) is 10.2. The first kappa shape index (κ1) is 11.1. The zero-order chi connectivity index (χ0) is 12.3. The lowest BCUT2D eigenvalue weighted by Crippen LogP contribution is -2.02. The van der Waals surface area contributed by atoms with Crippen LogP contribution in [-0.4, -0.2) is 10.1 Å². The maximum atomic E-state index is 10.8. The van der Waals surface area contributed by atoms with Gasteiger partial charge in [0.2, 0.25) is 0 Å². The van der Waals surface area contributed by atoms with E-state index in [-0.39, 0.29) is 5.69 Å². The second kappa shape index (κ2) is 4.65. The zero-order valence-electron chi connectivity index (χ0n) is 9.21. The monoisotopic (exact) mass is 233 g/mol. The maximum Gasteiger partial charge on any atom is 0.292 e. The van der Waals surface area contributed by atoms with Gasteiger partial charge in [-0.25, -0.2) is 0 Å². The van der Waals surface area contributed by atoms with Gasteiger partial charge in [-0.05, 0) is 13.0 Å². The van der Waals surface area contributed by atoms with Gasteiger partial charge in [-0.3, -0.25) is 10.1 Å². The minimum Gasteiger partial charge on any atom is -0.374 e. The highest BCUT2D eigenvalue weighted by molar-refractivity contribution is 5.61. The average Bonchev–Trinajstić information content (AvgIpc) is 2.73. The summed E-state index contributed by atoms with van der Waals surface area (Å²) in [4.78, 5) is 10.3. The number of nitro groups is 1. The van der Waals surface area contributed by atoms with E-state index in [1.54, 1.807) is 31.2 Å². The molecule has 88 valence electrons. The Morgan fingerprint density at radius 3 is 2.88 bits per heavy atom. The molecule has 1 aromatic heterocycles. The Labute approximate surface area is 97.4 Å². The number of hydrogen-bond donors (Lipinski definition) is 1. The van der Waals surface area contributed by atoms with Crippen molar-refractivity contribution >= 4 is 11.4 Å². The largest absolute Gasteiger partial charge is 0.374 e. The number of hydrogen-bond acceptors (Lipinski definition) is 5. The van der Waals surface area contributed by atoms with Crippen LogP contribution in [0.2, 0.25) is 0 Å². The Balaban J connectivity index is 2.11. The molecular formula is C11H11N3O3. The maximum absolute atomic E-state index is 10.8. The molecule has 1 aromatic carbocycles. The summed E-state index contributed by atoms with van der Waals surface area (Å²) in [5, 5.41) is 17.5. The minimum absolute atomic E-state index is 0.0488. The molecule has 0 fully saturated rings. The van der Waals surface area contributed by atoms with Crippen LogP contribution in [0.3, 0.4) is 0 Å². The first-order valence-corrected chi connectivity index (χ1v) is 5.06. The molecule has 0 aliphatic carbocycles. The van der Waals surface area contributed by atoms with Crippen molar-refractivity contribution in [2.45, 2.75) is 13.5 Å². The number of benzene rings is 1. The van der Waals surface area contributed by atoms with Gasteiger partial charge >= 0.3 is 0 Å². The second-order valence-electron chi connectivity index (χ2n) is 3.56. The number of para-hydroxylation sites is 2. The van der Waals surface area contributed by atoms with E-state index in [2.05, 4.69) is 10.5 Å². The van der Waals surface area contributed by atoms with E-state index in [0.29, 0.717) is 23.7 Å². The fraction of sp³-hybridized carbons (Fsp3) is 0.182. The summed E-state index contributed by atoms with van der Waals surface area (Å²) in [6, 6.07) is 8.26. The predicted octanol–water partition coefficient (Wildman–Crippen LogP) is 2.50. The van der Waals surface area contributed by atoms with Gasteiger partial charge in [0, 0.05) is 12.1 Å². The molecule has 0 spiro atoms. The van der Waals surface area contributed by atoms with Gasteiger partial charge in [0.1, 0.15) is 17.1 Å². The van der Waals surface area contributed by atoms with Gasteiger partial charge in [-0.2, -0.15) is 0 Å². The number of rotatable bonds is 4. The van der Waals surface area contributed by atoms with Crippen molar-refractivity contribution in [3.8, 4) is 0 Å². The number of nitrogens with zero attached hydrogens (tertiary/aromatic N) is 2. The third kappa shape index (κ3) is 2.60. The van der Waals surface area contributed by atoms with E-state index in [9.17, 15) is 10.1 Å². The van der Waals surface area contributed by atoms with Crippen LogP contribution in [0, 0.1) is 17.0 Å². The van der Waals surface area contributed by atoms with E-state index in [4.69, 9.17) is 4.52 Å². The molecular weight excluding hydrogens is 222 g/mol. The van der Waals surface area contributed by atoms with Crippen molar-refractivity contribution in [3.63, 3.8) is 0 Å². The lowest BCUT2D eigenvalue weighted by molar-refractivity contribution is -0.384. The van der Waals surface area contributed by atoms with Crippen molar-refractivity contribution in [2.24, 2.45) is 0 Å². The van der Waals surface area contributed by atoms with E-state index < -0.39 is 4.92 Å². The number of nitro benzene ring substituents is 1. The van der Waals surface area contributed by atoms with Crippen LogP contribution in [0.25, 0.3) is 0 Å². The molecule has 2 aromatic rings. The van der Waals surface area contributed by atoms with Crippen LogP contribution >= 0.6 is 0 Å². The summed E-state index contributed by atoms with van der Waals surface area (Å²) >= 11 is 0. The number of anilines is 1. The third-order valence-corrected chi connectivity index (χ3v) is 2.24. The SMILES string of the molecule is Cc1cc(CNc2ccccc2[N+](=O)[O-])no1. The molecule has 0 unspecified atom stereocenters. The van der Waals surface area contributed by atoms with Gasteiger partial charge in [0.05, 0.1) is 11.5 Å². The van der Waals surface area contributed by atoms with Crippen molar-refractivity contribution in [2.75, 3.05) is 5.32 Å². The Morgan fingerprint density at radius 1 is 1.47 bits per heavy atom. The molecule has 1 heterocycles. The fourth-order valence-corrected chi connectivity index (χ4v) is 1.47. The number of nitrogens with one attached hydrogen (secondary N) is 1. The molecule has 0 radical (unpaired) electrons. The molecule has 1 N–H and O–H groups in total. The van der Waals surface area contributed by atoms with Crippen molar-refractivity contribution in [3.05, 3.63) is 51.9 Å². The number of aromatic nitrogens is 1. The molecule has 0 aliphatic heterocycles. The summed E-state index contributed by atoms with van der Waals surface area (Å²) < 4.78 is 4.91. The van der Waals surface area contributed by atoms with Gasteiger partial charge in [0.15, 0.2) is 0 Å². The van der Waals surface area contributed by atoms with Crippen LogP contribution in [0.15, 0.2) is 34.9 Å². The van der Waals surface area contributed by atoms with Crippen molar-refractivity contribution < 1.29 is 9.45 Å². The third-order valence-electron chi connectivity index (χ3n) is 2.24. The Bertz CT molecular complexity index is 536. The topological polar surface area (TPSA) is 81.2 Å². The Kier molecular flexibility index (Phi) is 3.04. The second-order valence-corrected chi connectivity index (χ2v) is 3.56. The summed E-state index contributed by atoms with van der Waals surface area (Å²) in [5.41, 5.74) is 1.23. The molecule has 0 saturated carbocycles. The molecule has 0 atom stereocenters. The molecule has 6 heteroatoms. The smallest absolute Gasteiger partial charge is 0.292 e. The highest BCUT2D eigenvalue weighted by atomic mass is 16.6. The number of aryl methyl sites for hydroxylation is 1. The van der Waals surface area contributed by atoms with E-state index >= 15 is 0 Å². The molecule has 0 bridgehead atoms. The molecule has 0 saturated heterocycles. The van der Waals surface area contributed by atoms with Crippen LogP contribution in [-0.2, 0) is 6.54 Å². The average molecular weight is 233 g/mol. The quantitative estimate of drug-likeness (QED) is 0.648. The summed E-state index contributed by atoms with van der Waals surface area (Å²) in [6.07, 6.45) is 0. The zero-order valence-corrected chi connectivity index (χ0v) is 9.21. The summed E-state index contributed by atoms with van der Waals surface area (Å²) in [5.74, 6) is 0.712. The van der Waals surface area contributed by atoms with Crippen LogP contribution in [0.1, 0.15) is 11.5 Å². The molecule has 6 nitrogen and oxygen atoms in total. The Hall–Kier alpha value is -2.37. The first-order chi connectivity index (χ1) is 8.16. The predicted molar refractivity (Wildman–Crippen MR) is 61.7 cm³/mol. The lowest BCUT2D eigenvalue weighted by Gasteiger charge is -2.04. The van der Waals surface area contributed by atoms with Gasteiger partial charge in [0.25, 0.3) is 5.69 Å². The van der Waals surface area contributed by atoms with Crippen LogP contribution < -0.4 is 5.32 Å². The van der Waals surface area contributed by atoms with E-state index in [1.165, 1.54) is 6.07 Å². The van der Waals surface area contributed by atoms with Crippen molar-refractivity contribution in [1.29, 1.82) is 0 Å². The first-order valence-electron chi connectivity index (χ1n) is 5.06. The van der Waals surface area contributed by atoms with Crippen LogP contribution in [0.5, 0.6) is 0 Å². The summed E-state index contributed by atoms with van der Waals surface area (Å²) in [7, 11) is 0. The van der Waals surface area contributed by atoms with Crippen molar-refractivity contribution in [1.82, 2.24) is 5.16 Å². The molecule has 0 aliphatic rings. The molecule has 17 heavy (non-hydrogen) atoms. The highest BCUT2D eigenvalue weighted by Crippen LogP contribution is 2.23. The van der Waals surface area contributed by atoms with Crippen LogP contribution in [0.4, 0.5) is 11.4 Å². The van der Waals surface area contributed by atoms with Gasteiger partial charge < -0.3 is 9.84 Å². The minimum atomic E-state index is -0.420. The van der Waals surface area contributed by atoms with E-state index in [1.807, 2.05) is 0 Å². The fourth-order valence-electron chi connectivity index (χ4n) is 1.47. The standard InChI is InChI=1S/C11H11N3O3/c1-8-6-9(13-17-8)7-12-10-4-2-3-5-11(10)14(15)16/h2-6,12H,7H2,1H3. The van der Waals surface area contributed by atoms with Gasteiger partial charge in [-0.15, -0.1) is 0 Å².